The van der Waals surface area contributed by atoms with Crippen molar-refractivity contribution in [2.45, 2.75) is 19.1 Å². The summed E-state index contributed by atoms with van der Waals surface area (Å²) in [4.78, 5) is 13.1. The average Bonchev–Trinajstić information content (AvgIpc) is 2.78. The molecule has 29 heavy (non-hydrogen) atoms. The Hall–Kier alpha value is -3.31. The Kier molecular flexibility index (Phi) is 6.20. The molecule has 150 valence electrons. The van der Waals surface area contributed by atoms with Gasteiger partial charge < -0.3 is 19.3 Å². The second kappa shape index (κ2) is 8.80. The van der Waals surface area contributed by atoms with Crippen molar-refractivity contribution in [1.29, 1.82) is 0 Å². The number of aliphatic hydroxyl groups is 1. The molecule has 0 saturated heterocycles. The normalized spacial score (nSPS) is 11.0. The summed E-state index contributed by atoms with van der Waals surface area (Å²) in [6.07, 6.45) is 0. The summed E-state index contributed by atoms with van der Waals surface area (Å²) in [6, 6.07) is 21.2. The van der Waals surface area contributed by atoms with Gasteiger partial charge in [0.15, 0.2) is 11.5 Å². The van der Waals surface area contributed by atoms with Crippen molar-refractivity contribution in [2.24, 2.45) is 0 Å². The number of rotatable bonds is 7. The van der Waals surface area contributed by atoms with Crippen molar-refractivity contribution in [3.63, 3.8) is 0 Å². The molecule has 0 radical (unpaired) electrons. The highest BCUT2D eigenvalue weighted by molar-refractivity contribution is 5.85. The predicted octanol–water partition coefficient (Wildman–Crippen LogP) is 3.99. The second-order valence-electron chi connectivity index (χ2n) is 6.65. The number of carbonyl (C=O) groups is 1. The van der Waals surface area contributed by atoms with E-state index in [4.69, 9.17) is 14.2 Å². The van der Waals surface area contributed by atoms with Gasteiger partial charge in [0.1, 0.15) is 6.61 Å². The minimum Gasteiger partial charge on any atom is -0.493 e. The zero-order chi connectivity index (χ0) is 20.9. The number of hydrogen-bond acceptors (Lipinski definition) is 5. The molecule has 0 atom stereocenters. The number of ether oxygens (including phenoxy) is 3. The van der Waals surface area contributed by atoms with Gasteiger partial charge in [-0.2, -0.15) is 0 Å². The fourth-order valence-electron chi connectivity index (χ4n) is 3.19. The zero-order valence-corrected chi connectivity index (χ0v) is 16.7. The molecule has 0 bridgehead atoms. The van der Waals surface area contributed by atoms with Crippen molar-refractivity contribution in [3.8, 4) is 11.5 Å². The molecule has 0 aromatic heterocycles. The zero-order valence-electron chi connectivity index (χ0n) is 16.7. The number of benzene rings is 3. The van der Waals surface area contributed by atoms with Gasteiger partial charge in [-0.05, 0) is 41.3 Å². The van der Waals surface area contributed by atoms with Gasteiger partial charge >= 0.3 is 5.97 Å². The van der Waals surface area contributed by atoms with Crippen LogP contribution in [0.25, 0.3) is 0 Å². The SMILES string of the molecule is COc1cc(C)c(COC(=O)C(O)(c2ccccc2)c2ccccc2)cc1OC. The van der Waals surface area contributed by atoms with Crippen molar-refractivity contribution < 1.29 is 24.1 Å². The van der Waals surface area contributed by atoms with Crippen LogP contribution in [-0.2, 0) is 21.7 Å². The smallest absolute Gasteiger partial charge is 0.348 e. The molecule has 0 saturated carbocycles. The van der Waals surface area contributed by atoms with Gasteiger partial charge in [-0.3, -0.25) is 0 Å². The van der Waals surface area contributed by atoms with E-state index in [0.29, 0.717) is 22.6 Å². The van der Waals surface area contributed by atoms with E-state index in [1.807, 2.05) is 25.1 Å². The maximum absolute atomic E-state index is 13.1. The Morgan fingerprint density at radius 2 is 1.34 bits per heavy atom. The molecule has 0 amide bonds. The largest absolute Gasteiger partial charge is 0.493 e. The van der Waals surface area contributed by atoms with Gasteiger partial charge in [0, 0.05) is 0 Å². The summed E-state index contributed by atoms with van der Waals surface area (Å²) in [7, 11) is 3.11. The molecule has 0 unspecified atom stereocenters. The molecule has 3 aromatic rings. The molecule has 5 nitrogen and oxygen atoms in total. The summed E-state index contributed by atoms with van der Waals surface area (Å²) in [6.45, 7) is 1.89. The fourth-order valence-corrected chi connectivity index (χ4v) is 3.19. The van der Waals surface area contributed by atoms with Gasteiger partial charge in [0.25, 0.3) is 0 Å². The maximum Gasteiger partial charge on any atom is 0.348 e. The van der Waals surface area contributed by atoms with Crippen molar-refractivity contribution in [3.05, 3.63) is 95.1 Å². The maximum atomic E-state index is 13.1. The van der Waals surface area contributed by atoms with Crippen LogP contribution in [0.15, 0.2) is 72.8 Å². The highest BCUT2D eigenvalue weighted by Crippen LogP contribution is 2.33. The number of aryl methyl sites for hydroxylation is 1. The quantitative estimate of drug-likeness (QED) is 0.616. The van der Waals surface area contributed by atoms with Gasteiger partial charge in [-0.15, -0.1) is 0 Å². The van der Waals surface area contributed by atoms with Crippen LogP contribution in [0.5, 0.6) is 11.5 Å². The molecule has 0 aliphatic heterocycles. The first kappa shape index (κ1) is 20.4. The van der Waals surface area contributed by atoms with Gasteiger partial charge in [-0.25, -0.2) is 4.79 Å². The number of carbonyl (C=O) groups excluding carboxylic acids is 1. The number of esters is 1. The Labute approximate surface area is 170 Å². The Morgan fingerprint density at radius 3 is 1.83 bits per heavy atom. The van der Waals surface area contributed by atoms with Crippen LogP contribution in [0.1, 0.15) is 22.3 Å². The van der Waals surface area contributed by atoms with Gasteiger partial charge in [-0.1, -0.05) is 60.7 Å². The monoisotopic (exact) mass is 392 g/mol. The molecule has 5 heteroatoms. The van der Waals surface area contributed by atoms with E-state index in [0.717, 1.165) is 11.1 Å². The Bertz CT molecular complexity index is 928. The van der Waals surface area contributed by atoms with Crippen LogP contribution in [0.3, 0.4) is 0 Å². The van der Waals surface area contributed by atoms with Crippen LogP contribution in [0, 0.1) is 6.92 Å². The van der Waals surface area contributed by atoms with Crippen LogP contribution in [-0.4, -0.2) is 25.3 Å². The van der Waals surface area contributed by atoms with Crippen molar-refractivity contribution >= 4 is 5.97 Å². The summed E-state index contributed by atoms with van der Waals surface area (Å²) in [5.74, 6) is 0.403. The van der Waals surface area contributed by atoms with E-state index >= 15 is 0 Å². The first-order valence-electron chi connectivity index (χ1n) is 9.22. The van der Waals surface area contributed by atoms with Crippen LogP contribution in [0.2, 0.25) is 0 Å². The molecular weight excluding hydrogens is 368 g/mol. The Balaban J connectivity index is 1.91. The first-order valence-corrected chi connectivity index (χ1v) is 9.22. The standard InChI is InChI=1S/C24H24O5/c1-17-14-21(27-2)22(28-3)15-18(17)16-29-23(25)24(26,19-10-6-4-7-11-19)20-12-8-5-9-13-20/h4-15,26H,16H2,1-3H3. The molecule has 3 aromatic carbocycles. The Morgan fingerprint density at radius 1 is 0.862 bits per heavy atom. The van der Waals surface area contributed by atoms with E-state index in [-0.39, 0.29) is 6.61 Å². The molecule has 0 aliphatic carbocycles. The van der Waals surface area contributed by atoms with E-state index < -0.39 is 11.6 Å². The topological polar surface area (TPSA) is 65.0 Å². The minimum atomic E-state index is -1.91. The highest BCUT2D eigenvalue weighted by atomic mass is 16.5. The number of hydrogen-bond donors (Lipinski definition) is 1. The van der Waals surface area contributed by atoms with E-state index in [9.17, 15) is 9.90 Å². The highest BCUT2D eigenvalue weighted by Gasteiger charge is 2.41. The predicted molar refractivity (Wildman–Crippen MR) is 110 cm³/mol. The summed E-state index contributed by atoms with van der Waals surface area (Å²) < 4.78 is 16.2. The third-order valence-electron chi connectivity index (χ3n) is 4.88. The van der Waals surface area contributed by atoms with Gasteiger partial charge in [0.05, 0.1) is 14.2 Å². The summed E-state index contributed by atoms with van der Waals surface area (Å²) in [5, 5.41) is 11.4. The second-order valence-corrected chi connectivity index (χ2v) is 6.65. The van der Waals surface area contributed by atoms with Crippen molar-refractivity contribution in [1.82, 2.24) is 0 Å². The molecule has 0 aliphatic rings. The molecule has 0 spiro atoms. The van der Waals surface area contributed by atoms with E-state index in [2.05, 4.69) is 0 Å². The van der Waals surface area contributed by atoms with Crippen LogP contribution in [0.4, 0.5) is 0 Å². The third-order valence-corrected chi connectivity index (χ3v) is 4.88. The average molecular weight is 392 g/mol. The molecule has 0 fully saturated rings. The van der Waals surface area contributed by atoms with Crippen LogP contribution < -0.4 is 9.47 Å². The first-order chi connectivity index (χ1) is 14.0. The molecule has 3 rings (SSSR count). The lowest BCUT2D eigenvalue weighted by Gasteiger charge is -2.27. The summed E-state index contributed by atoms with van der Waals surface area (Å²) >= 11 is 0. The van der Waals surface area contributed by atoms with Gasteiger partial charge in [0.2, 0.25) is 5.60 Å². The molecule has 1 N–H and O–H groups in total. The lowest BCUT2D eigenvalue weighted by Crippen LogP contribution is -2.38. The number of methoxy groups -OCH3 is 2. The molecular formula is C24H24O5. The van der Waals surface area contributed by atoms with E-state index in [1.165, 1.54) is 0 Å². The third kappa shape index (κ3) is 4.10. The fraction of sp³-hybridized carbons (Fsp3) is 0.208. The molecule has 0 heterocycles. The minimum absolute atomic E-state index is 0.00695. The van der Waals surface area contributed by atoms with E-state index in [1.54, 1.807) is 68.8 Å². The van der Waals surface area contributed by atoms with Crippen molar-refractivity contribution in [2.75, 3.05) is 14.2 Å². The van der Waals surface area contributed by atoms with Crippen LogP contribution >= 0.6 is 0 Å². The summed E-state index contributed by atoms with van der Waals surface area (Å²) in [5.41, 5.74) is 0.630. The lowest BCUT2D eigenvalue weighted by atomic mass is 9.86. The lowest BCUT2D eigenvalue weighted by molar-refractivity contribution is -0.163.